The molecule has 2 unspecified atom stereocenters. The monoisotopic (exact) mass is 221 g/mol. The molecule has 16 heavy (non-hydrogen) atoms. The van der Waals surface area contributed by atoms with Crippen molar-refractivity contribution in [3.8, 4) is 5.75 Å². The average Bonchev–Trinajstić information content (AvgIpc) is 2.82. The first kappa shape index (κ1) is 11.4. The van der Waals surface area contributed by atoms with Crippen LogP contribution < -0.4 is 10.1 Å². The standard InChI is InChI=1S/C13H19NO2/c1-10(14-2)11-3-5-12(6-4-11)16-13-7-8-15-9-13/h3-6,10,13-14H,7-9H2,1-2H3. The number of rotatable bonds is 4. The molecule has 0 radical (unpaired) electrons. The lowest BCUT2D eigenvalue weighted by atomic mass is 10.1. The predicted molar refractivity (Wildman–Crippen MR) is 63.8 cm³/mol. The van der Waals surface area contributed by atoms with Crippen LogP contribution >= 0.6 is 0 Å². The summed E-state index contributed by atoms with van der Waals surface area (Å²) < 4.78 is 11.1. The first-order valence-electron chi connectivity index (χ1n) is 5.81. The zero-order valence-corrected chi connectivity index (χ0v) is 9.90. The number of hydrogen-bond acceptors (Lipinski definition) is 3. The van der Waals surface area contributed by atoms with Crippen LogP contribution in [0.1, 0.15) is 24.9 Å². The molecule has 1 aromatic rings. The molecule has 1 saturated heterocycles. The third-order valence-electron chi connectivity index (χ3n) is 3.00. The van der Waals surface area contributed by atoms with E-state index in [-0.39, 0.29) is 6.10 Å². The second-order valence-electron chi connectivity index (χ2n) is 4.18. The number of nitrogens with one attached hydrogen (secondary N) is 1. The summed E-state index contributed by atoms with van der Waals surface area (Å²) in [6.45, 7) is 3.68. The van der Waals surface area contributed by atoms with Gasteiger partial charge >= 0.3 is 0 Å². The Labute approximate surface area is 96.8 Å². The van der Waals surface area contributed by atoms with Gasteiger partial charge in [-0.25, -0.2) is 0 Å². The van der Waals surface area contributed by atoms with Crippen LogP contribution in [0.2, 0.25) is 0 Å². The molecule has 1 aliphatic heterocycles. The van der Waals surface area contributed by atoms with E-state index >= 15 is 0 Å². The summed E-state index contributed by atoms with van der Waals surface area (Å²) in [6.07, 6.45) is 1.22. The molecule has 1 aliphatic rings. The van der Waals surface area contributed by atoms with Crippen LogP contribution in [0.4, 0.5) is 0 Å². The summed E-state index contributed by atoms with van der Waals surface area (Å²) in [7, 11) is 1.96. The summed E-state index contributed by atoms with van der Waals surface area (Å²) in [4.78, 5) is 0. The van der Waals surface area contributed by atoms with E-state index in [0.717, 1.165) is 18.8 Å². The Morgan fingerprint density at radius 3 is 2.69 bits per heavy atom. The van der Waals surface area contributed by atoms with Crippen LogP contribution in [0.5, 0.6) is 5.75 Å². The Morgan fingerprint density at radius 2 is 2.12 bits per heavy atom. The molecule has 2 rings (SSSR count). The molecule has 3 heteroatoms. The predicted octanol–water partition coefficient (Wildman–Crippen LogP) is 2.13. The minimum Gasteiger partial charge on any atom is -0.488 e. The number of ether oxygens (including phenoxy) is 2. The summed E-state index contributed by atoms with van der Waals surface area (Å²) in [5.74, 6) is 0.933. The number of hydrogen-bond donors (Lipinski definition) is 1. The van der Waals surface area contributed by atoms with Crippen LogP contribution in [-0.2, 0) is 4.74 Å². The van der Waals surface area contributed by atoms with E-state index in [2.05, 4.69) is 24.4 Å². The van der Waals surface area contributed by atoms with Gasteiger partial charge in [0, 0.05) is 12.5 Å². The highest BCUT2D eigenvalue weighted by molar-refractivity contribution is 5.29. The van der Waals surface area contributed by atoms with Crippen LogP contribution in [-0.4, -0.2) is 26.4 Å². The van der Waals surface area contributed by atoms with Crippen molar-refractivity contribution >= 4 is 0 Å². The van der Waals surface area contributed by atoms with Crippen molar-refractivity contribution < 1.29 is 9.47 Å². The lowest BCUT2D eigenvalue weighted by molar-refractivity contribution is 0.141. The molecule has 1 fully saturated rings. The van der Waals surface area contributed by atoms with Crippen molar-refractivity contribution in [2.24, 2.45) is 0 Å². The number of benzene rings is 1. The first-order valence-corrected chi connectivity index (χ1v) is 5.81. The van der Waals surface area contributed by atoms with Gasteiger partial charge in [0.05, 0.1) is 13.2 Å². The van der Waals surface area contributed by atoms with Gasteiger partial charge in [0.2, 0.25) is 0 Å². The highest BCUT2D eigenvalue weighted by Gasteiger charge is 2.16. The minimum absolute atomic E-state index is 0.229. The fourth-order valence-electron chi connectivity index (χ4n) is 1.80. The Kier molecular flexibility index (Phi) is 3.80. The molecule has 0 amide bonds. The lowest BCUT2D eigenvalue weighted by Crippen LogP contribution is -2.16. The van der Waals surface area contributed by atoms with Crippen LogP contribution in [0.25, 0.3) is 0 Å². The largest absolute Gasteiger partial charge is 0.488 e. The third kappa shape index (κ3) is 2.74. The summed E-state index contributed by atoms with van der Waals surface area (Å²) >= 11 is 0. The quantitative estimate of drug-likeness (QED) is 0.845. The minimum atomic E-state index is 0.229. The fraction of sp³-hybridized carbons (Fsp3) is 0.538. The fourth-order valence-corrected chi connectivity index (χ4v) is 1.80. The molecule has 1 N–H and O–H groups in total. The normalized spacial score (nSPS) is 22.0. The highest BCUT2D eigenvalue weighted by Crippen LogP contribution is 2.20. The molecule has 0 saturated carbocycles. The maximum Gasteiger partial charge on any atom is 0.124 e. The van der Waals surface area contributed by atoms with Crippen molar-refractivity contribution in [1.29, 1.82) is 0 Å². The van der Waals surface area contributed by atoms with Gasteiger partial charge in [0.15, 0.2) is 0 Å². The summed E-state index contributed by atoms with van der Waals surface area (Å²) in [5.41, 5.74) is 1.28. The summed E-state index contributed by atoms with van der Waals surface area (Å²) in [5, 5.41) is 3.21. The third-order valence-corrected chi connectivity index (χ3v) is 3.00. The molecule has 0 spiro atoms. The van der Waals surface area contributed by atoms with Crippen molar-refractivity contribution in [2.75, 3.05) is 20.3 Å². The van der Waals surface area contributed by atoms with Gasteiger partial charge in [0.25, 0.3) is 0 Å². The van der Waals surface area contributed by atoms with E-state index in [0.29, 0.717) is 12.6 Å². The topological polar surface area (TPSA) is 30.5 Å². The van der Waals surface area contributed by atoms with Gasteiger partial charge in [-0.2, -0.15) is 0 Å². The molecule has 3 nitrogen and oxygen atoms in total. The van der Waals surface area contributed by atoms with Crippen molar-refractivity contribution in [2.45, 2.75) is 25.5 Å². The zero-order valence-electron chi connectivity index (χ0n) is 9.90. The van der Waals surface area contributed by atoms with Gasteiger partial charge in [-0.15, -0.1) is 0 Å². The summed E-state index contributed by atoms with van der Waals surface area (Å²) in [6, 6.07) is 8.64. The Balaban J connectivity index is 1.96. The van der Waals surface area contributed by atoms with Gasteiger partial charge in [0.1, 0.15) is 11.9 Å². The second kappa shape index (κ2) is 5.32. The van der Waals surface area contributed by atoms with Crippen LogP contribution in [0, 0.1) is 0 Å². The smallest absolute Gasteiger partial charge is 0.124 e. The van der Waals surface area contributed by atoms with E-state index in [1.165, 1.54) is 5.56 Å². The molecule has 1 aromatic carbocycles. The average molecular weight is 221 g/mol. The van der Waals surface area contributed by atoms with E-state index in [1.54, 1.807) is 0 Å². The molecule has 0 aliphatic carbocycles. The second-order valence-corrected chi connectivity index (χ2v) is 4.18. The molecule has 0 bridgehead atoms. The molecular formula is C13H19NO2. The lowest BCUT2D eigenvalue weighted by Gasteiger charge is -2.14. The zero-order chi connectivity index (χ0) is 11.4. The van der Waals surface area contributed by atoms with Crippen molar-refractivity contribution in [3.05, 3.63) is 29.8 Å². The van der Waals surface area contributed by atoms with Gasteiger partial charge in [-0.1, -0.05) is 12.1 Å². The first-order chi connectivity index (χ1) is 7.79. The maximum atomic E-state index is 5.80. The van der Waals surface area contributed by atoms with Crippen LogP contribution in [0.15, 0.2) is 24.3 Å². The van der Waals surface area contributed by atoms with E-state index in [9.17, 15) is 0 Å². The van der Waals surface area contributed by atoms with E-state index in [1.807, 2.05) is 19.2 Å². The Morgan fingerprint density at radius 1 is 1.38 bits per heavy atom. The molecule has 88 valence electrons. The van der Waals surface area contributed by atoms with Crippen molar-refractivity contribution in [1.82, 2.24) is 5.32 Å². The van der Waals surface area contributed by atoms with Crippen LogP contribution in [0.3, 0.4) is 0 Å². The SMILES string of the molecule is CNC(C)c1ccc(OC2CCOC2)cc1. The van der Waals surface area contributed by atoms with Gasteiger partial charge in [-0.3, -0.25) is 0 Å². The Bertz CT molecular complexity index is 317. The van der Waals surface area contributed by atoms with E-state index < -0.39 is 0 Å². The molecule has 1 heterocycles. The molecule has 0 aromatic heterocycles. The van der Waals surface area contributed by atoms with E-state index in [4.69, 9.17) is 9.47 Å². The van der Waals surface area contributed by atoms with Gasteiger partial charge in [-0.05, 0) is 31.7 Å². The molecule has 2 atom stereocenters. The van der Waals surface area contributed by atoms with Crippen molar-refractivity contribution in [3.63, 3.8) is 0 Å². The highest BCUT2D eigenvalue weighted by atomic mass is 16.5. The molecular weight excluding hydrogens is 202 g/mol. The van der Waals surface area contributed by atoms with Gasteiger partial charge < -0.3 is 14.8 Å². The Hall–Kier alpha value is -1.06. The maximum absolute atomic E-state index is 5.80.